The van der Waals surface area contributed by atoms with Gasteiger partial charge in [-0.3, -0.25) is 14.9 Å². The quantitative estimate of drug-likeness (QED) is 0.653. The van der Waals surface area contributed by atoms with E-state index in [1.165, 1.54) is 25.3 Å². The molecular formula is C14H17N3O3. The Labute approximate surface area is 116 Å². The normalized spacial score (nSPS) is 18.9. The third-order valence-corrected chi connectivity index (χ3v) is 4.28. The minimum Gasteiger partial charge on any atom is -0.377 e. The van der Waals surface area contributed by atoms with Gasteiger partial charge >= 0.3 is 0 Å². The number of hydrogen-bond acceptors (Lipinski definition) is 4. The van der Waals surface area contributed by atoms with Crippen molar-refractivity contribution >= 4 is 23.0 Å². The zero-order valence-corrected chi connectivity index (χ0v) is 11.3. The Bertz CT molecular complexity index is 581. The molecule has 6 nitrogen and oxygen atoms in total. The molecule has 20 heavy (non-hydrogen) atoms. The summed E-state index contributed by atoms with van der Waals surface area (Å²) >= 11 is 0. The monoisotopic (exact) mass is 275 g/mol. The lowest BCUT2D eigenvalue weighted by molar-refractivity contribution is -0.384. The number of nitrogens with zero attached hydrogens (tertiary/aromatic N) is 1. The average Bonchev–Trinajstić information content (AvgIpc) is 2.64. The summed E-state index contributed by atoms with van der Waals surface area (Å²) in [4.78, 5) is 22.2. The number of fused-ring (bicyclic) bond motifs is 1. The number of nitrogens with one attached hydrogen (secondary N) is 2. The van der Waals surface area contributed by atoms with E-state index in [0.717, 1.165) is 0 Å². The van der Waals surface area contributed by atoms with E-state index < -0.39 is 0 Å². The smallest absolute Gasteiger partial charge is 0.292 e. The maximum absolute atomic E-state index is 11.4. The molecule has 1 fully saturated rings. The molecule has 1 unspecified atom stereocenters. The van der Waals surface area contributed by atoms with E-state index in [-0.39, 0.29) is 29.0 Å². The molecule has 0 aromatic heterocycles. The van der Waals surface area contributed by atoms with Crippen LogP contribution < -0.4 is 10.6 Å². The predicted octanol–water partition coefficient (Wildman–Crippen LogP) is 2.69. The summed E-state index contributed by atoms with van der Waals surface area (Å²) in [5.41, 5.74) is 1.93. The molecule has 2 N–H and O–H groups in total. The van der Waals surface area contributed by atoms with Crippen LogP contribution in [-0.4, -0.2) is 16.9 Å². The van der Waals surface area contributed by atoms with Gasteiger partial charge in [-0.1, -0.05) is 6.42 Å². The van der Waals surface area contributed by atoms with Crippen LogP contribution in [0.3, 0.4) is 0 Å². The Kier molecular flexibility index (Phi) is 3.08. The van der Waals surface area contributed by atoms with Gasteiger partial charge in [-0.05, 0) is 37.3 Å². The van der Waals surface area contributed by atoms with Crippen LogP contribution in [-0.2, 0) is 11.2 Å². The van der Waals surface area contributed by atoms with Crippen molar-refractivity contribution in [3.63, 3.8) is 0 Å². The first-order valence-corrected chi connectivity index (χ1v) is 6.92. The highest BCUT2D eigenvalue weighted by Gasteiger charge is 2.28. The largest absolute Gasteiger partial charge is 0.377 e. The Morgan fingerprint density at radius 1 is 1.45 bits per heavy atom. The maximum Gasteiger partial charge on any atom is 0.292 e. The van der Waals surface area contributed by atoms with Crippen molar-refractivity contribution in [2.45, 2.75) is 38.6 Å². The van der Waals surface area contributed by atoms with Crippen molar-refractivity contribution in [1.82, 2.24) is 0 Å². The minimum absolute atomic E-state index is 0.0476. The van der Waals surface area contributed by atoms with E-state index in [1.54, 1.807) is 6.07 Å². The van der Waals surface area contributed by atoms with Gasteiger partial charge in [0.05, 0.1) is 11.3 Å². The van der Waals surface area contributed by atoms with Gasteiger partial charge in [-0.15, -0.1) is 0 Å². The van der Waals surface area contributed by atoms with Crippen molar-refractivity contribution in [2.75, 3.05) is 10.6 Å². The summed E-state index contributed by atoms with van der Waals surface area (Å²) in [6.07, 6.45) is 3.79. The molecule has 6 heteroatoms. The number of rotatable bonds is 4. The third-order valence-electron chi connectivity index (χ3n) is 4.28. The molecule has 3 rings (SSSR count). The summed E-state index contributed by atoms with van der Waals surface area (Å²) in [5, 5.41) is 17.2. The highest BCUT2D eigenvalue weighted by molar-refractivity contribution is 6.00. The Balaban J connectivity index is 1.90. The molecule has 1 heterocycles. The van der Waals surface area contributed by atoms with Crippen LogP contribution in [0.5, 0.6) is 0 Å². The second-order valence-electron chi connectivity index (χ2n) is 5.63. The van der Waals surface area contributed by atoms with E-state index in [4.69, 9.17) is 0 Å². The van der Waals surface area contributed by atoms with Gasteiger partial charge in [0, 0.05) is 17.8 Å². The molecule has 1 aromatic carbocycles. The first-order valence-electron chi connectivity index (χ1n) is 6.92. The lowest BCUT2D eigenvalue weighted by Gasteiger charge is -2.32. The van der Waals surface area contributed by atoms with Gasteiger partial charge in [0.25, 0.3) is 5.69 Å². The topological polar surface area (TPSA) is 84.3 Å². The predicted molar refractivity (Wildman–Crippen MR) is 75.9 cm³/mol. The summed E-state index contributed by atoms with van der Waals surface area (Å²) in [7, 11) is 0. The summed E-state index contributed by atoms with van der Waals surface area (Å²) in [6.45, 7) is 2.05. The van der Waals surface area contributed by atoms with Crippen LogP contribution in [0.2, 0.25) is 0 Å². The molecule has 1 aromatic rings. The molecule has 0 spiro atoms. The number of hydrogen-bond donors (Lipinski definition) is 2. The molecule has 0 saturated heterocycles. The van der Waals surface area contributed by atoms with Crippen molar-refractivity contribution in [3.05, 3.63) is 27.8 Å². The molecule has 1 aliphatic carbocycles. The highest BCUT2D eigenvalue weighted by atomic mass is 16.6. The first kappa shape index (κ1) is 12.9. The van der Waals surface area contributed by atoms with Crippen LogP contribution in [0.15, 0.2) is 12.1 Å². The van der Waals surface area contributed by atoms with Crippen molar-refractivity contribution in [2.24, 2.45) is 5.92 Å². The molecule has 0 bridgehead atoms. The lowest BCUT2D eigenvalue weighted by Crippen LogP contribution is -2.31. The van der Waals surface area contributed by atoms with Gasteiger partial charge in [0.1, 0.15) is 5.69 Å². The minimum atomic E-state index is -0.390. The summed E-state index contributed by atoms with van der Waals surface area (Å²) in [6, 6.07) is 3.40. The van der Waals surface area contributed by atoms with Crippen LogP contribution in [0, 0.1) is 16.0 Å². The van der Waals surface area contributed by atoms with Gasteiger partial charge < -0.3 is 10.6 Å². The van der Waals surface area contributed by atoms with Crippen molar-refractivity contribution in [1.29, 1.82) is 0 Å². The van der Waals surface area contributed by atoms with Gasteiger partial charge in [0.2, 0.25) is 5.91 Å². The molecule has 2 aliphatic rings. The summed E-state index contributed by atoms with van der Waals surface area (Å²) < 4.78 is 0. The lowest BCUT2D eigenvalue weighted by atomic mass is 9.80. The number of carbonyl (C=O) groups is 1. The zero-order chi connectivity index (χ0) is 14.3. The molecule has 1 aliphatic heterocycles. The van der Waals surface area contributed by atoms with Crippen molar-refractivity contribution in [3.8, 4) is 0 Å². The number of nitro benzene ring substituents is 1. The molecule has 1 saturated carbocycles. The third kappa shape index (κ3) is 2.21. The second-order valence-corrected chi connectivity index (χ2v) is 5.63. The number of nitro groups is 1. The second kappa shape index (κ2) is 4.77. The van der Waals surface area contributed by atoms with Gasteiger partial charge in [0.15, 0.2) is 0 Å². The highest BCUT2D eigenvalue weighted by Crippen LogP contribution is 2.37. The first-order chi connectivity index (χ1) is 9.54. The average molecular weight is 275 g/mol. The van der Waals surface area contributed by atoms with Crippen LogP contribution in [0.1, 0.15) is 31.7 Å². The van der Waals surface area contributed by atoms with E-state index in [2.05, 4.69) is 17.6 Å². The van der Waals surface area contributed by atoms with Gasteiger partial charge in [-0.25, -0.2) is 0 Å². The summed E-state index contributed by atoms with van der Waals surface area (Å²) in [5.74, 6) is 0.468. The molecule has 1 atom stereocenters. The van der Waals surface area contributed by atoms with Crippen LogP contribution in [0.25, 0.3) is 0 Å². The Morgan fingerprint density at radius 3 is 2.80 bits per heavy atom. The molecule has 1 amide bonds. The Hall–Kier alpha value is -2.11. The molecule has 0 radical (unpaired) electrons. The maximum atomic E-state index is 11.4. The van der Waals surface area contributed by atoms with E-state index in [1.807, 2.05) is 0 Å². The van der Waals surface area contributed by atoms with Crippen molar-refractivity contribution < 1.29 is 9.72 Å². The number of benzene rings is 1. The zero-order valence-electron chi connectivity index (χ0n) is 11.3. The van der Waals surface area contributed by atoms with E-state index in [0.29, 0.717) is 22.9 Å². The molecule has 106 valence electrons. The number of anilines is 2. The Morgan fingerprint density at radius 2 is 2.20 bits per heavy atom. The van der Waals surface area contributed by atoms with Gasteiger partial charge in [-0.2, -0.15) is 0 Å². The number of amides is 1. The van der Waals surface area contributed by atoms with Crippen LogP contribution in [0.4, 0.5) is 17.1 Å². The van der Waals surface area contributed by atoms with E-state index >= 15 is 0 Å². The molecular weight excluding hydrogens is 258 g/mol. The fourth-order valence-electron chi connectivity index (χ4n) is 2.83. The SMILES string of the molecule is CC(Nc1cc2c(cc1[N+](=O)[O-])CC(=O)N2)C1CCC1. The van der Waals surface area contributed by atoms with Crippen LogP contribution >= 0.6 is 0 Å². The van der Waals surface area contributed by atoms with E-state index in [9.17, 15) is 14.9 Å². The standard InChI is InChI=1S/C14H17N3O3/c1-8(9-3-2-4-9)15-12-7-11-10(6-14(18)16-11)5-13(12)17(19)20/h5,7-9,15H,2-4,6H2,1H3,(H,16,18). The fraction of sp³-hybridized carbons (Fsp3) is 0.500. The fourth-order valence-corrected chi connectivity index (χ4v) is 2.83. The number of carbonyl (C=O) groups excluding carboxylic acids is 1.